The molecule has 21 heavy (non-hydrogen) atoms. The second-order valence-corrected chi connectivity index (χ2v) is 5.10. The predicted octanol–water partition coefficient (Wildman–Crippen LogP) is 2.16. The van der Waals surface area contributed by atoms with Gasteiger partial charge in [0.2, 0.25) is 5.91 Å². The first-order valence-electron chi connectivity index (χ1n) is 6.83. The van der Waals surface area contributed by atoms with Crippen LogP contribution >= 0.6 is 0 Å². The summed E-state index contributed by atoms with van der Waals surface area (Å²) in [6, 6.07) is 6.46. The molecule has 1 amide bonds. The van der Waals surface area contributed by atoms with Gasteiger partial charge in [0.25, 0.3) is 0 Å². The van der Waals surface area contributed by atoms with Gasteiger partial charge in [-0.3, -0.25) is 4.79 Å². The van der Waals surface area contributed by atoms with Crippen LogP contribution in [0.5, 0.6) is 0 Å². The Hall–Kier alpha value is -2.21. The number of amides is 1. The molecule has 0 unspecified atom stereocenters. The van der Waals surface area contributed by atoms with E-state index >= 15 is 0 Å². The molecule has 1 heterocycles. The SMILES string of the molecule is CC(C)NCc1cn(CC(=O)Nc2ccccc2F)cn1. The number of anilines is 1. The molecule has 112 valence electrons. The Morgan fingerprint density at radius 2 is 2.14 bits per heavy atom. The highest BCUT2D eigenvalue weighted by atomic mass is 19.1. The van der Waals surface area contributed by atoms with Crippen molar-refractivity contribution >= 4 is 11.6 Å². The number of carbonyl (C=O) groups excluding carboxylic acids is 1. The minimum Gasteiger partial charge on any atom is -0.328 e. The number of nitrogens with zero attached hydrogens (tertiary/aromatic N) is 2. The Labute approximate surface area is 123 Å². The lowest BCUT2D eigenvalue weighted by atomic mass is 10.3. The average Bonchev–Trinajstić information content (AvgIpc) is 2.86. The topological polar surface area (TPSA) is 59.0 Å². The first-order chi connectivity index (χ1) is 10.0. The van der Waals surface area contributed by atoms with Gasteiger partial charge in [-0.05, 0) is 12.1 Å². The maximum Gasteiger partial charge on any atom is 0.244 e. The van der Waals surface area contributed by atoms with Crippen LogP contribution in [-0.2, 0) is 17.9 Å². The zero-order chi connectivity index (χ0) is 15.2. The predicted molar refractivity (Wildman–Crippen MR) is 79.2 cm³/mol. The molecular formula is C15H19FN4O. The van der Waals surface area contributed by atoms with Gasteiger partial charge in [-0.1, -0.05) is 26.0 Å². The van der Waals surface area contributed by atoms with Gasteiger partial charge in [0, 0.05) is 18.8 Å². The maximum atomic E-state index is 13.4. The van der Waals surface area contributed by atoms with Gasteiger partial charge in [-0.15, -0.1) is 0 Å². The van der Waals surface area contributed by atoms with Crippen LogP contribution in [0.4, 0.5) is 10.1 Å². The molecule has 0 bridgehead atoms. The van der Waals surface area contributed by atoms with Crippen molar-refractivity contribution < 1.29 is 9.18 Å². The highest BCUT2D eigenvalue weighted by Gasteiger charge is 2.08. The molecule has 0 atom stereocenters. The molecule has 0 radical (unpaired) electrons. The van der Waals surface area contributed by atoms with Gasteiger partial charge in [0.15, 0.2) is 0 Å². The summed E-state index contributed by atoms with van der Waals surface area (Å²) in [6.45, 7) is 4.86. The fourth-order valence-corrected chi connectivity index (χ4v) is 1.81. The molecule has 2 aromatic rings. The standard InChI is InChI=1S/C15H19FN4O/c1-11(2)17-7-12-8-20(10-18-12)9-15(21)19-14-6-4-3-5-13(14)16/h3-6,8,10-11,17H,7,9H2,1-2H3,(H,19,21). The van der Waals surface area contributed by atoms with Crippen LogP contribution in [0.15, 0.2) is 36.8 Å². The van der Waals surface area contributed by atoms with Gasteiger partial charge in [0.05, 0.1) is 17.7 Å². The van der Waals surface area contributed by atoms with E-state index in [0.717, 1.165) is 5.69 Å². The third kappa shape index (κ3) is 4.68. The first kappa shape index (κ1) is 15.2. The molecule has 0 saturated heterocycles. The summed E-state index contributed by atoms with van der Waals surface area (Å²) in [5.74, 6) is -0.737. The molecule has 5 nitrogen and oxygen atoms in total. The number of imidazole rings is 1. The summed E-state index contributed by atoms with van der Waals surface area (Å²) < 4.78 is 15.1. The summed E-state index contributed by atoms with van der Waals surface area (Å²) in [6.07, 6.45) is 3.40. The van der Waals surface area contributed by atoms with Crippen LogP contribution < -0.4 is 10.6 Å². The number of nitrogens with one attached hydrogen (secondary N) is 2. The zero-order valence-corrected chi connectivity index (χ0v) is 12.1. The van der Waals surface area contributed by atoms with Crippen LogP contribution in [0.1, 0.15) is 19.5 Å². The van der Waals surface area contributed by atoms with Gasteiger partial charge < -0.3 is 15.2 Å². The fraction of sp³-hybridized carbons (Fsp3) is 0.333. The molecule has 0 aliphatic carbocycles. The van der Waals surface area contributed by atoms with E-state index in [4.69, 9.17) is 0 Å². The molecule has 0 aliphatic heterocycles. The van der Waals surface area contributed by atoms with Gasteiger partial charge >= 0.3 is 0 Å². The monoisotopic (exact) mass is 290 g/mol. The third-order valence-corrected chi connectivity index (χ3v) is 2.85. The highest BCUT2D eigenvalue weighted by Crippen LogP contribution is 2.12. The van der Waals surface area contributed by atoms with E-state index in [1.807, 2.05) is 0 Å². The van der Waals surface area contributed by atoms with E-state index < -0.39 is 5.82 Å². The van der Waals surface area contributed by atoms with Crippen molar-refractivity contribution in [2.75, 3.05) is 5.32 Å². The van der Waals surface area contributed by atoms with Crippen molar-refractivity contribution in [3.8, 4) is 0 Å². The minimum atomic E-state index is -0.446. The van der Waals surface area contributed by atoms with Gasteiger partial charge in [-0.25, -0.2) is 9.37 Å². The van der Waals surface area contributed by atoms with E-state index in [1.165, 1.54) is 12.1 Å². The largest absolute Gasteiger partial charge is 0.328 e. The van der Waals surface area contributed by atoms with Crippen LogP contribution in [0.25, 0.3) is 0 Å². The molecule has 1 aromatic carbocycles. The molecule has 0 saturated carbocycles. The maximum absolute atomic E-state index is 13.4. The van der Waals surface area contributed by atoms with Crippen molar-refractivity contribution in [3.05, 3.63) is 48.3 Å². The second-order valence-electron chi connectivity index (χ2n) is 5.10. The highest BCUT2D eigenvalue weighted by molar-refractivity contribution is 5.90. The van der Waals surface area contributed by atoms with Crippen LogP contribution in [0, 0.1) is 5.82 Å². The van der Waals surface area contributed by atoms with E-state index in [2.05, 4.69) is 29.5 Å². The fourth-order valence-electron chi connectivity index (χ4n) is 1.81. The quantitative estimate of drug-likeness (QED) is 0.857. The summed E-state index contributed by atoms with van der Waals surface area (Å²) in [7, 11) is 0. The molecule has 0 aliphatic rings. The Balaban J connectivity index is 1.90. The van der Waals surface area contributed by atoms with Crippen molar-refractivity contribution in [1.82, 2.24) is 14.9 Å². The lowest BCUT2D eigenvalue weighted by molar-refractivity contribution is -0.116. The van der Waals surface area contributed by atoms with Crippen molar-refractivity contribution in [2.24, 2.45) is 0 Å². The molecule has 2 N–H and O–H groups in total. The first-order valence-corrected chi connectivity index (χ1v) is 6.83. The summed E-state index contributed by atoms with van der Waals surface area (Å²) in [5, 5.41) is 5.79. The normalized spacial score (nSPS) is 10.9. The number of halogens is 1. The minimum absolute atomic E-state index is 0.100. The smallest absolute Gasteiger partial charge is 0.244 e. The summed E-state index contributed by atoms with van der Waals surface area (Å²) in [5.41, 5.74) is 1.05. The van der Waals surface area contributed by atoms with Crippen LogP contribution in [0.3, 0.4) is 0 Å². The molecule has 0 fully saturated rings. The molecule has 2 rings (SSSR count). The second kappa shape index (κ2) is 6.99. The number of rotatable bonds is 6. The third-order valence-electron chi connectivity index (χ3n) is 2.85. The number of aromatic nitrogens is 2. The van der Waals surface area contributed by atoms with E-state index in [0.29, 0.717) is 12.6 Å². The lowest BCUT2D eigenvalue weighted by Crippen LogP contribution is -2.22. The number of benzene rings is 1. The Morgan fingerprint density at radius 3 is 2.86 bits per heavy atom. The van der Waals surface area contributed by atoms with Crippen molar-refractivity contribution in [2.45, 2.75) is 33.0 Å². The van der Waals surface area contributed by atoms with Gasteiger partial charge in [0.1, 0.15) is 12.4 Å². The summed E-state index contributed by atoms with van der Waals surface area (Å²) >= 11 is 0. The average molecular weight is 290 g/mol. The van der Waals surface area contributed by atoms with Crippen LogP contribution in [-0.4, -0.2) is 21.5 Å². The Morgan fingerprint density at radius 1 is 1.38 bits per heavy atom. The van der Waals surface area contributed by atoms with E-state index in [9.17, 15) is 9.18 Å². The number of hydrogen-bond acceptors (Lipinski definition) is 3. The Bertz CT molecular complexity index is 609. The van der Waals surface area contributed by atoms with E-state index in [1.54, 1.807) is 29.2 Å². The lowest BCUT2D eigenvalue weighted by Gasteiger charge is -2.06. The number of carbonyl (C=O) groups is 1. The zero-order valence-electron chi connectivity index (χ0n) is 12.1. The number of hydrogen-bond donors (Lipinski definition) is 2. The Kier molecular flexibility index (Phi) is 5.05. The van der Waals surface area contributed by atoms with E-state index in [-0.39, 0.29) is 18.1 Å². The van der Waals surface area contributed by atoms with Crippen LogP contribution in [0.2, 0.25) is 0 Å². The molecule has 1 aromatic heterocycles. The van der Waals surface area contributed by atoms with Gasteiger partial charge in [-0.2, -0.15) is 0 Å². The van der Waals surface area contributed by atoms with Crippen molar-refractivity contribution in [1.29, 1.82) is 0 Å². The number of para-hydroxylation sites is 1. The van der Waals surface area contributed by atoms with Crippen molar-refractivity contribution in [3.63, 3.8) is 0 Å². The molecule has 6 heteroatoms. The summed E-state index contributed by atoms with van der Waals surface area (Å²) in [4.78, 5) is 16.1. The molecular weight excluding hydrogens is 271 g/mol. The molecule has 0 spiro atoms.